The molecule has 5 heteroatoms. The van der Waals surface area contributed by atoms with E-state index in [1.165, 1.54) is 53.4 Å². The Bertz CT molecular complexity index is 2620. The predicted octanol–water partition coefficient (Wildman–Crippen LogP) is 10.3. The molecule has 3 aliphatic heterocycles. The third kappa shape index (κ3) is 3.94. The summed E-state index contributed by atoms with van der Waals surface area (Å²) in [4.78, 5) is 4.87. The molecule has 0 aromatic heterocycles. The van der Waals surface area contributed by atoms with Crippen LogP contribution in [0, 0.1) is 0 Å². The highest BCUT2D eigenvalue weighted by Crippen LogP contribution is 2.52. The van der Waals surface area contributed by atoms with Gasteiger partial charge in [0.2, 0.25) is 0 Å². The zero-order valence-corrected chi connectivity index (χ0v) is 27.1. The van der Waals surface area contributed by atoms with E-state index in [0.717, 1.165) is 45.5 Å². The smallest absolute Gasteiger partial charge is 0.261 e. The number of rotatable bonds is 3. The van der Waals surface area contributed by atoms with Gasteiger partial charge in [0.1, 0.15) is 23.0 Å². The molecule has 11 rings (SSSR count). The van der Waals surface area contributed by atoms with Crippen LogP contribution in [0.4, 0.5) is 17.1 Å². The van der Waals surface area contributed by atoms with Gasteiger partial charge >= 0.3 is 0 Å². The molecule has 3 nitrogen and oxygen atoms in total. The highest BCUT2D eigenvalue weighted by molar-refractivity contribution is 7.99. The minimum Gasteiger partial charge on any atom is -0.458 e. The first-order valence-corrected chi connectivity index (χ1v) is 17.4. The summed E-state index contributed by atoms with van der Waals surface area (Å²) in [5.74, 6) is 3.54. The highest BCUT2D eigenvalue weighted by Gasteiger charge is 2.42. The molecule has 0 spiro atoms. The van der Waals surface area contributed by atoms with E-state index < -0.39 is 0 Å². The van der Waals surface area contributed by atoms with E-state index in [-0.39, 0.29) is 6.71 Å². The normalized spacial score (nSPS) is 13.1. The summed E-state index contributed by atoms with van der Waals surface area (Å²) >= 11 is 1.86. The van der Waals surface area contributed by atoms with Gasteiger partial charge in [0, 0.05) is 37.4 Å². The first kappa shape index (κ1) is 27.1. The molecule has 228 valence electrons. The standard InChI is InChI=1S/C44H26BNO2S/c1-3-12-28(13-4-1)46(29-14-5-2-6-15-29)35-23-22-31-33-25-39-34(26-41(33)49-40-20-9-17-32(35)42(31)40)45-43-30-16-8-7-11-27(30)21-24-38(43)47-36-18-10-19-37(48-39)44(36)45/h1-26H. The maximum absolute atomic E-state index is 6.78. The number of fused-ring (bicyclic) bond motifs is 8. The highest BCUT2D eigenvalue weighted by atomic mass is 32.2. The zero-order valence-electron chi connectivity index (χ0n) is 26.3. The fraction of sp³-hybridized carbons (Fsp3) is 0. The summed E-state index contributed by atoms with van der Waals surface area (Å²) < 4.78 is 13.3. The Hall–Kier alpha value is -5.91. The molecule has 0 saturated heterocycles. The number of ether oxygens (including phenoxy) is 2. The second kappa shape index (κ2) is 10.3. The maximum Gasteiger partial charge on any atom is 0.261 e. The molecule has 3 heterocycles. The quantitative estimate of drug-likeness (QED) is 0.179. The lowest BCUT2D eigenvalue weighted by Crippen LogP contribution is -2.57. The monoisotopic (exact) mass is 643 g/mol. The van der Waals surface area contributed by atoms with Gasteiger partial charge < -0.3 is 14.4 Å². The predicted molar refractivity (Wildman–Crippen MR) is 203 cm³/mol. The van der Waals surface area contributed by atoms with Gasteiger partial charge in [-0.25, -0.2) is 0 Å². The Labute approximate surface area is 288 Å². The van der Waals surface area contributed by atoms with Crippen molar-refractivity contribution < 1.29 is 9.47 Å². The molecular formula is C44H26BNO2S. The minimum atomic E-state index is 0.000526. The Morgan fingerprint density at radius 3 is 1.94 bits per heavy atom. The van der Waals surface area contributed by atoms with Crippen LogP contribution in [0.1, 0.15) is 0 Å². The minimum absolute atomic E-state index is 0.000526. The van der Waals surface area contributed by atoms with Gasteiger partial charge in [-0.2, -0.15) is 0 Å². The van der Waals surface area contributed by atoms with E-state index in [9.17, 15) is 0 Å². The van der Waals surface area contributed by atoms with Crippen LogP contribution in [0.2, 0.25) is 0 Å². The summed E-state index contributed by atoms with van der Waals surface area (Å²) in [5.41, 5.74) is 9.34. The SMILES string of the molecule is c1ccc(N(c2ccccc2)c2ccc3c4c(cccc24)Sc2cc4c(cc2-3)Oc2cccc3c2B4c2c(ccc4ccccc24)O3)cc1. The molecule has 8 aromatic rings. The zero-order chi connectivity index (χ0) is 32.1. The number of hydrogen-bond acceptors (Lipinski definition) is 4. The van der Waals surface area contributed by atoms with Gasteiger partial charge in [0.15, 0.2) is 0 Å². The Morgan fingerprint density at radius 1 is 0.469 bits per heavy atom. The summed E-state index contributed by atoms with van der Waals surface area (Å²) in [6, 6.07) is 56.3. The van der Waals surface area contributed by atoms with Crippen LogP contribution in [0.25, 0.3) is 32.7 Å². The van der Waals surface area contributed by atoms with E-state index in [1.807, 2.05) is 17.8 Å². The lowest BCUT2D eigenvalue weighted by molar-refractivity contribution is 0.465. The molecule has 0 unspecified atom stereocenters. The molecule has 0 fully saturated rings. The summed E-state index contributed by atoms with van der Waals surface area (Å²) in [7, 11) is 0. The van der Waals surface area contributed by atoms with Gasteiger partial charge in [-0.3, -0.25) is 0 Å². The van der Waals surface area contributed by atoms with Crippen molar-refractivity contribution in [1.82, 2.24) is 0 Å². The van der Waals surface area contributed by atoms with E-state index in [2.05, 4.69) is 157 Å². The molecule has 0 N–H and O–H groups in total. The summed E-state index contributed by atoms with van der Waals surface area (Å²) in [6.07, 6.45) is 0. The molecule has 3 aliphatic rings. The van der Waals surface area contributed by atoms with Crippen LogP contribution in [0.5, 0.6) is 23.0 Å². The van der Waals surface area contributed by atoms with Crippen molar-refractivity contribution in [3.05, 3.63) is 158 Å². The third-order valence-corrected chi connectivity index (χ3v) is 11.3. The topological polar surface area (TPSA) is 21.7 Å². The molecule has 0 amide bonds. The second-order valence-corrected chi connectivity index (χ2v) is 13.9. The lowest BCUT2D eigenvalue weighted by Gasteiger charge is -2.35. The van der Waals surface area contributed by atoms with E-state index in [4.69, 9.17) is 9.47 Å². The molecular weight excluding hydrogens is 617 g/mol. The van der Waals surface area contributed by atoms with E-state index in [1.54, 1.807) is 0 Å². The molecule has 0 bridgehead atoms. The molecule has 0 atom stereocenters. The molecule has 8 aromatic carbocycles. The average molecular weight is 644 g/mol. The van der Waals surface area contributed by atoms with Gasteiger partial charge in [0.05, 0.1) is 5.69 Å². The Kier molecular flexibility index (Phi) is 5.69. The average Bonchev–Trinajstić information content (AvgIpc) is 3.16. The van der Waals surface area contributed by atoms with Crippen molar-refractivity contribution in [2.24, 2.45) is 0 Å². The fourth-order valence-corrected chi connectivity index (χ4v) is 9.26. The van der Waals surface area contributed by atoms with Crippen LogP contribution in [0.3, 0.4) is 0 Å². The van der Waals surface area contributed by atoms with Crippen LogP contribution in [-0.2, 0) is 0 Å². The second-order valence-electron chi connectivity index (χ2n) is 12.8. The summed E-state index contributed by atoms with van der Waals surface area (Å²) in [5, 5.41) is 4.92. The maximum atomic E-state index is 6.78. The number of hydrogen-bond donors (Lipinski definition) is 0. The molecule has 0 radical (unpaired) electrons. The van der Waals surface area contributed by atoms with Crippen LogP contribution >= 0.6 is 11.8 Å². The largest absolute Gasteiger partial charge is 0.458 e. The molecule has 49 heavy (non-hydrogen) atoms. The van der Waals surface area contributed by atoms with Crippen LogP contribution in [0.15, 0.2) is 168 Å². The van der Waals surface area contributed by atoms with Crippen molar-refractivity contribution in [2.45, 2.75) is 9.79 Å². The van der Waals surface area contributed by atoms with E-state index >= 15 is 0 Å². The van der Waals surface area contributed by atoms with Crippen molar-refractivity contribution >= 4 is 73.5 Å². The Balaban J connectivity index is 1.13. The Morgan fingerprint density at radius 2 is 1.14 bits per heavy atom. The van der Waals surface area contributed by atoms with Gasteiger partial charge in [0.25, 0.3) is 6.71 Å². The van der Waals surface area contributed by atoms with Gasteiger partial charge in [-0.05, 0) is 99.6 Å². The number of benzene rings is 8. The third-order valence-electron chi connectivity index (χ3n) is 10.2. The number of para-hydroxylation sites is 2. The van der Waals surface area contributed by atoms with Gasteiger partial charge in [-0.15, -0.1) is 0 Å². The summed E-state index contributed by atoms with van der Waals surface area (Å²) in [6.45, 7) is 0.000526. The van der Waals surface area contributed by atoms with Crippen LogP contribution in [-0.4, -0.2) is 6.71 Å². The van der Waals surface area contributed by atoms with Gasteiger partial charge in [-0.1, -0.05) is 103 Å². The van der Waals surface area contributed by atoms with E-state index in [0.29, 0.717) is 0 Å². The van der Waals surface area contributed by atoms with Crippen LogP contribution < -0.4 is 30.8 Å². The first-order chi connectivity index (χ1) is 24.3. The van der Waals surface area contributed by atoms with Crippen molar-refractivity contribution in [2.75, 3.05) is 4.90 Å². The van der Waals surface area contributed by atoms with Crippen molar-refractivity contribution in [1.29, 1.82) is 0 Å². The number of anilines is 3. The molecule has 0 aliphatic carbocycles. The molecule has 0 saturated carbocycles. The van der Waals surface area contributed by atoms with Crippen molar-refractivity contribution in [3.63, 3.8) is 0 Å². The van der Waals surface area contributed by atoms with Crippen molar-refractivity contribution in [3.8, 4) is 34.1 Å². The first-order valence-electron chi connectivity index (χ1n) is 16.6. The number of nitrogens with zero attached hydrogens (tertiary/aromatic N) is 1. The fourth-order valence-electron chi connectivity index (χ4n) is 8.09. The lowest BCUT2D eigenvalue weighted by atomic mass is 9.34.